The minimum absolute atomic E-state index is 0.238. The van der Waals surface area contributed by atoms with Crippen LogP contribution >= 0.6 is 0 Å². The lowest BCUT2D eigenvalue weighted by molar-refractivity contribution is -0.0715. The fourth-order valence-electron chi connectivity index (χ4n) is 4.93. The van der Waals surface area contributed by atoms with Gasteiger partial charge in [0.15, 0.2) is 12.6 Å². The minimum Gasteiger partial charge on any atom is -0.465 e. The third kappa shape index (κ3) is 7.60. The summed E-state index contributed by atoms with van der Waals surface area (Å²) in [5.74, 6) is 2.70. The zero-order valence-corrected chi connectivity index (χ0v) is 23.2. The molecule has 2 saturated heterocycles. The zero-order valence-electron chi connectivity index (χ0n) is 23.2. The predicted molar refractivity (Wildman–Crippen MR) is 148 cm³/mol. The summed E-state index contributed by atoms with van der Waals surface area (Å²) in [4.78, 5) is 0. The van der Waals surface area contributed by atoms with Crippen molar-refractivity contribution in [3.05, 3.63) is 65.2 Å². The molecule has 0 N–H and O–H groups in total. The van der Waals surface area contributed by atoms with Crippen molar-refractivity contribution in [1.29, 1.82) is 0 Å². The summed E-state index contributed by atoms with van der Waals surface area (Å²) in [6.45, 7) is 11.1. The van der Waals surface area contributed by atoms with Crippen LogP contribution in [-0.2, 0) is 18.9 Å². The van der Waals surface area contributed by atoms with Crippen LogP contribution in [0.15, 0.2) is 48.5 Å². The molecule has 6 heteroatoms. The number of allylic oxidation sites excluding steroid dienone is 2. The smallest absolute Gasteiger partial charge is 0.197 e. The molecule has 6 atom stereocenters. The van der Waals surface area contributed by atoms with Crippen molar-refractivity contribution in [2.75, 3.05) is 26.4 Å². The monoisotopic (exact) mass is 522 g/mol. The molecule has 3 aliphatic rings. The van der Waals surface area contributed by atoms with E-state index in [1.165, 1.54) is 22.3 Å². The number of epoxide rings is 2. The van der Waals surface area contributed by atoms with E-state index in [1.807, 2.05) is 13.8 Å². The van der Waals surface area contributed by atoms with E-state index in [4.69, 9.17) is 28.4 Å². The van der Waals surface area contributed by atoms with Gasteiger partial charge in [0.2, 0.25) is 0 Å². The average Bonchev–Trinajstić information content (AvgIpc) is 3.87. The van der Waals surface area contributed by atoms with Crippen molar-refractivity contribution >= 4 is 5.57 Å². The van der Waals surface area contributed by atoms with Gasteiger partial charge in [-0.1, -0.05) is 38.1 Å². The van der Waals surface area contributed by atoms with E-state index in [9.17, 15) is 0 Å². The maximum Gasteiger partial charge on any atom is 0.197 e. The van der Waals surface area contributed by atoms with Gasteiger partial charge in [-0.2, -0.15) is 0 Å². The summed E-state index contributed by atoms with van der Waals surface area (Å²) in [6.07, 6.45) is 6.63. The number of rotatable bonds is 14. The molecule has 0 saturated carbocycles. The number of ether oxygens (including phenoxy) is 6. The Hall–Kier alpha value is -2.38. The van der Waals surface area contributed by atoms with Gasteiger partial charge in [-0.3, -0.25) is 0 Å². The van der Waals surface area contributed by atoms with Crippen molar-refractivity contribution in [3.63, 3.8) is 0 Å². The molecule has 38 heavy (non-hydrogen) atoms. The van der Waals surface area contributed by atoms with Crippen LogP contribution in [-0.4, -0.2) is 51.2 Å². The van der Waals surface area contributed by atoms with Crippen LogP contribution in [0.3, 0.4) is 0 Å². The largest absolute Gasteiger partial charge is 0.465 e. The van der Waals surface area contributed by atoms with Crippen molar-refractivity contribution in [1.82, 2.24) is 0 Å². The quantitative estimate of drug-likeness (QED) is 0.200. The van der Waals surface area contributed by atoms with Crippen LogP contribution in [0.1, 0.15) is 81.9 Å². The molecule has 6 nitrogen and oxygen atoms in total. The van der Waals surface area contributed by atoms with E-state index in [-0.39, 0.29) is 24.8 Å². The van der Waals surface area contributed by atoms with E-state index in [2.05, 4.69) is 62.4 Å². The molecule has 2 aromatic carbocycles. The first-order valence-corrected chi connectivity index (χ1v) is 14.2. The molecular weight excluding hydrogens is 480 g/mol. The molecule has 1 aliphatic carbocycles. The van der Waals surface area contributed by atoms with Crippen molar-refractivity contribution < 1.29 is 28.4 Å². The Morgan fingerprint density at radius 1 is 0.868 bits per heavy atom. The fourth-order valence-corrected chi connectivity index (χ4v) is 4.93. The molecule has 0 aromatic heterocycles. The first kappa shape index (κ1) is 27.2. The molecule has 0 amide bonds. The lowest BCUT2D eigenvalue weighted by atomic mass is 9.82. The molecule has 0 spiro atoms. The number of benzene rings is 2. The zero-order chi connectivity index (χ0) is 26.5. The van der Waals surface area contributed by atoms with Crippen molar-refractivity contribution in [2.24, 2.45) is 0 Å². The van der Waals surface area contributed by atoms with Crippen LogP contribution in [0.25, 0.3) is 5.57 Å². The highest BCUT2D eigenvalue weighted by molar-refractivity contribution is 5.68. The van der Waals surface area contributed by atoms with E-state index >= 15 is 0 Å². The summed E-state index contributed by atoms with van der Waals surface area (Å²) in [6, 6.07) is 15.2. The third-order valence-electron chi connectivity index (χ3n) is 7.72. The van der Waals surface area contributed by atoms with Gasteiger partial charge in [0.05, 0.1) is 26.4 Å². The second-order valence-electron chi connectivity index (χ2n) is 10.8. The molecule has 2 aromatic rings. The van der Waals surface area contributed by atoms with Gasteiger partial charge in [0, 0.05) is 0 Å². The summed E-state index contributed by atoms with van der Waals surface area (Å²) in [5, 5.41) is 0. The fraction of sp³-hybridized carbons (Fsp3) is 0.562. The van der Waals surface area contributed by atoms with E-state index in [0.29, 0.717) is 25.0 Å². The molecule has 2 heterocycles. The third-order valence-corrected chi connectivity index (χ3v) is 7.72. The summed E-state index contributed by atoms with van der Waals surface area (Å²) in [5.41, 5.74) is 5.35. The summed E-state index contributed by atoms with van der Waals surface area (Å²) in [7, 11) is 0. The van der Waals surface area contributed by atoms with Crippen LogP contribution in [0.2, 0.25) is 0 Å². The molecular formula is C32H42O6. The molecule has 206 valence electrons. The Morgan fingerprint density at radius 2 is 1.53 bits per heavy atom. The van der Waals surface area contributed by atoms with Crippen LogP contribution < -0.4 is 9.47 Å². The van der Waals surface area contributed by atoms with Gasteiger partial charge in [0.1, 0.15) is 23.7 Å². The Labute approximate surface area is 227 Å². The van der Waals surface area contributed by atoms with Crippen molar-refractivity contribution in [2.45, 2.75) is 90.0 Å². The SMILES string of the molecule is CCC(C)c1cc(C2=CCC(c3ccc(OC(C)OCC4CO4)cc3)CC2)ccc1OC(C)OCC1CO1. The Kier molecular flexibility index (Phi) is 9.05. The summed E-state index contributed by atoms with van der Waals surface area (Å²) < 4.78 is 34.0. The molecule has 0 radical (unpaired) electrons. The molecule has 2 fully saturated rings. The maximum atomic E-state index is 6.20. The number of hydrogen-bond donors (Lipinski definition) is 0. The standard InChI is InChI=1S/C32H42O6/c1-5-21(2)31-16-27(12-15-32(31)38-23(4)34-18-30-20-36-30)26-8-6-24(7-9-26)25-10-13-28(14-11-25)37-22(3)33-17-29-19-35-29/h8,10-16,21-24,29-30H,5-7,9,17-20H2,1-4H3. The van der Waals surface area contributed by atoms with Crippen LogP contribution in [0.4, 0.5) is 0 Å². The topological polar surface area (TPSA) is 62.0 Å². The average molecular weight is 523 g/mol. The Bertz CT molecular complexity index is 1070. The van der Waals surface area contributed by atoms with Gasteiger partial charge >= 0.3 is 0 Å². The molecule has 5 rings (SSSR count). The first-order valence-electron chi connectivity index (χ1n) is 14.2. The lowest BCUT2D eigenvalue weighted by Gasteiger charge is -2.25. The van der Waals surface area contributed by atoms with E-state index in [0.717, 1.165) is 50.4 Å². The van der Waals surface area contributed by atoms with Crippen molar-refractivity contribution in [3.8, 4) is 11.5 Å². The highest BCUT2D eigenvalue weighted by atomic mass is 16.7. The second kappa shape index (κ2) is 12.6. The Morgan fingerprint density at radius 3 is 2.11 bits per heavy atom. The number of hydrogen-bond acceptors (Lipinski definition) is 6. The van der Waals surface area contributed by atoms with Gasteiger partial charge in [-0.05, 0) is 97.9 Å². The highest BCUT2D eigenvalue weighted by Gasteiger charge is 2.25. The second-order valence-corrected chi connectivity index (χ2v) is 10.8. The highest BCUT2D eigenvalue weighted by Crippen LogP contribution is 2.39. The van der Waals surface area contributed by atoms with Gasteiger partial charge in [0.25, 0.3) is 0 Å². The molecule has 2 aliphatic heterocycles. The van der Waals surface area contributed by atoms with Crippen LogP contribution in [0, 0.1) is 0 Å². The van der Waals surface area contributed by atoms with E-state index in [1.54, 1.807) is 0 Å². The molecule has 6 unspecified atom stereocenters. The first-order chi connectivity index (χ1) is 18.5. The Balaban J connectivity index is 1.18. The van der Waals surface area contributed by atoms with E-state index < -0.39 is 0 Å². The lowest BCUT2D eigenvalue weighted by Crippen LogP contribution is -2.20. The predicted octanol–water partition coefficient (Wildman–Crippen LogP) is 6.83. The van der Waals surface area contributed by atoms with Gasteiger partial charge in [-0.25, -0.2) is 0 Å². The minimum atomic E-state index is -0.299. The maximum absolute atomic E-state index is 6.20. The van der Waals surface area contributed by atoms with Gasteiger partial charge < -0.3 is 28.4 Å². The van der Waals surface area contributed by atoms with Crippen LogP contribution in [0.5, 0.6) is 11.5 Å². The normalized spacial score (nSPS) is 24.7. The van der Waals surface area contributed by atoms with Gasteiger partial charge in [-0.15, -0.1) is 0 Å². The summed E-state index contributed by atoms with van der Waals surface area (Å²) >= 11 is 0. The molecule has 0 bridgehead atoms.